The Morgan fingerprint density at radius 2 is 2.11 bits per heavy atom. The van der Waals surface area contributed by atoms with Crippen LogP contribution in [-0.4, -0.2) is 25.9 Å². The zero-order chi connectivity index (χ0) is 6.85. The highest BCUT2D eigenvalue weighted by Crippen LogP contribution is 2.22. The Bertz CT molecular complexity index is 84.9. The third-order valence-corrected chi connectivity index (χ3v) is 1.65. The maximum Gasteiger partial charge on any atom is 0.107 e. The quantitative estimate of drug-likeness (QED) is 0.533. The summed E-state index contributed by atoms with van der Waals surface area (Å²) in [7, 11) is 1.74. The van der Waals surface area contributed by atoms with Gasteiger partial charge >= 0.3 is 0 Å². The summed E-state index contributed by atoms with van der Waals surface area (Å²) < 4.78 is 10.3. The highest BCUT2D eigenvalue weighted by molar-refractivity contribution is 4.81. The molecule has 0 aromatic carbocycles. The Labute approximate surface area is 56.2 Å². The summed E-state index contributed by atoms with van der Waals surface area (Å²) in [6, 6.07) is 0. The largest absolute Gasteiger partial charge is 0.378 e. The summed E-state index contributed by atoms with van der Waals surface area (Å²) in [5.74, 6) is 0.572. The minimum atomic E-state index is 0.310. The first-order chi connectivity index (χ1) is 4.25. The molecule has 54 valence electrons. The predicted molar refractivity (Wildman–Crippen MR) is 35.4 cm³/mol. The first-order valence-electron chi connectivity index (χ1n) is 3.40. The summed E-state index contributed by atoms with van der Waals surface area (Å²) in [5, 5.41) is 0. The van der Waals surface area contributed by atoms with Gasteiger partial charge in [-0.25, -0.2) is 0 Å². The smallest absolute Gasteiger partial charge is 0.107 e. The second-order valence-electron chi connectivity index (χ2n) is 2.82. The molecule has 2 unspecified atom stereocenters. The molecule has 1 aliphatic heterocycles. The van der Waals surface area contributed by atoms with Gasteiger partial charge in [0, 0.05) is 7.11 Å². The van der Waals surface area contributed by atoms with Gasteiger partial charge in [-0.3, -0.25) is 0 Å². The molecule has 0 bridgehead atoms. The van der Waals surface area contributed by atoms with E-state index in [-0.39, 0.29) is 0 Å². The Morgan fingerprint density at radius 3 is 2.22 bits per heavy atom. The van der Waals surface area contributed by atoms with Gasteiger partial charge in [0.05, 0.1) is 12.7 Å². The van der Waals surface area contributed by atoms with E-state index in [2.05, 4.69) is 13.8 Å². The topological polar surface area (TPSA) is 21.8 Å². The summed E-state index contributed by atoms with van der Waals surface area (Å²) in [5.41, 5.74) is 0. The van der Waals surface area contributed by atoms with Crippen molar-refractivity contribution in [2.24, 2.45) is 5.92 Å². The van der Waals surface area contributed by atoms with Gasteiger partial charge in [-0.05, 0) is 5.92 Å². The van der Waals surface area contributed by atoms with Gasteiger partial charge in [0.2, 0.25) is 0 Å². The monoisotopic (exact) mass is 130 g/mol. The van der Waals surface area contributed by atoms with Crippen molar-refractivity contribution in [2.45, 2.75) is 26.1 Å². The Balaban J connectivity index is 2.28. The molecule has 1 rings (SSSR count). The van der Waals surface area contributed by atoms with Gasteiger partial charge in [0.25, 0.3) is 0 Å². The minimum absolute atomic E-state index is 0.310. The maximum atomic E-state index is 5.21. The summed E-state index contributed by atoms with van der Waals surface area (Å²) >= 11 is 0. The normalized spacial score (nSPS) is 28.7. The molecular weight excluding hydrogens is 116 g/mol. The van der Waals surface area contributed by atoms with Crippen LogP contribution < -0.4 is 0 Å². The molecule has 0 aromatic rings. The van der Waals surface area contributed by atoms with Crippen LogP contribution in [0.2, 0.25) is 0 Å². The average Bonchev–Trinajstić information content (AvgIpc) is 2.50. The fourth-order valence-corrected chi connectivity index (χ4v) is 1.10. The molecule has 2 nitrogen and oxygen atoms in total. The highest BCUT2D eigenvalue weighted by atomic mass is 16.6. The van der Waals surface area contributed by atoms with Crippen LogP contribution in [0.15, 0.2) is 0 Å². The standard InChI is InChI=1S/C7H14O2/c1-5(2)7(8-3)6-4-9-6/h5-7H,4H2,1-3H3. The van der Waals surface area contributed by atoms with E-state index in [1.165, 1.54) is 0 Å². The lowest BCUT2D eigenvalue weighted by atomic mass is 10.1. The van der Waals surface area contributed by atoms with Crippen LogP contribution in [0, 0.1) is 5.92 Å². The molecule has 0 spiro atoms. The molecule has 0 aromatic heterocycles. The van der Waals surface area contributed by atoms with Crippen molar-refractivity contribution >= 4 is 0 Å². The lowest BCUT2D eigenvalue weighted by Gasteiger charge is -2.15. The zero-order valence-corrected chi connectivity index (χ0v) is 6.26. The molecule has 0 amide bonds. The molecule has 0 saturated carbocycles. The van der Waals surface area contributed by atoms with E-state index in [9.17, 15) is 0 Å². The van der Waals surface area contributed by atoms with Crippen molar-refractivity contribution in [2.75, 3.05) is 13.7 Å². The van der Waals surface area contributed by atoms with Gasteiger partial charge in [0.15, 0.2) is 0 Å². The van der Waals surface area contributed by atoms with E-state index >= 15 is 0 Å². The fraction of sp³-hybridized carbons (Fsp3) is 1.00. The summed E-state index contributed by atoms with van der Waals surface area (Å²) in [4.78, 5) is 0. The zero-order valence-electron chi connectivity index (χ0n) is 6.26. The van der Waals surface area contributed by atoms with Gasteiger partial charge in [-0.15, -0.1) is 0 Å². The number of ether oxygens (including phenoxy) is 2. The number of hydrogen-bond acceptors (Lipinski definition) is 2. The molecular formula is C7H14O2. The third-order valence-electron chi connectivity index (χ3n) is 1.65. The van der Waals surface area contributed by atoms with Gasteiger partial charge < -0.3 is 9.47 Å². The highest BCUT2D eigenvalue weighted by Gasteiger charge is 2.34. The number of rotatable bonds is 3. The lowest BCUT2D eigenvalue weighted by Crippen LogP contribution is -2.24. The molecule has 0 radical (unpaired) electrons. The van der Waals surface area contributed by atoms with Gasteiger partial charge in [-0.2, -0.15) is 0 Å². The van der Waals surface area contributed by atoms with E-state index in [1.807, 2.05) is 0 Å². The first-order valence-corrected chi connectivity index (χ1v) is 3.40. The lowest BCUT2D eigenvalue weighted by molar-refractivity contribution is 0.0414. The molecule has 1 aliphatic rings. The second-order valence-corrected chi connectivity index (χ2v) is 2.82. The molecule has 1 fully saturated rings. The Kier molecular flexibility index (Phi) is 2.09. The van der Waals surface area contributed by atoms with Gasteiger partial charge in [0.1, 0.15) is 6.10 Å². The molecule has 1 heterocycles. The van der Waals surface area contributed by atoms with Crippen LogP contribution in [0.4, 0.5) is 0 Å². The van der Waals surface area contributed by atoms with Crippen molar-refractivity contribution in [1.29, 1.82) is 0 Å². The third kappa shape index (κ3) is 1.66. The predicted octanol–water partition coefficient (Wildman–Crippen LogP) is 1.06. The van der Waals surface area contributed by atoms with Crippen LogP contribution >= 0.6 is 0 Å². The first kappa shape index (κ1) is 7.03. The van der Waals surface area contributed by atoms with Crippen molar-refractivity contribution in [3.8, 4) is 0 Å². The van der Waals surface area contributed by atoms with Crippen LogP contribution in [0.1, 0.15) is 13.8 Å². The maximum absolute atomic E-state index is 5.21. The Hall–Kier alpha value is -0.0800. The van der Waals surface area contributed by atoms with Crippen LogP contribution in [0.25, 0.3) is 0 Å². The van der Waals surface area contributed by atoms with E-state index in [1.54, 1.807) is 7.11 Å². The number of hydrogen-bond donors (Lipinski definition) is 0. The van der Waals surface area contributed by atoms with Crippen molar-refractivity contribution in [1.82, 2.24) is 0 Å². The molecule has 2 heteroatoms. The molecule has 2 atom stereocenters. The summed E-state index contributed by atoms with van der Waals surface area (Å²) in [6.07, 6.45) is 0.694. The van der Waals surface area contributed by atoms with Crippen LogP contribution in [0.5, 0.6) is 0 Å². The summed E-state index contributed by atoms with van der Waals surface area (Å²) in [6.45, 7) is 5.18. The van der Waals surface area contributed by atoms with E-state index in [0.717, 1.165) is 6.61 Å². The molecule has 9 heavy (non-hydrogen) atoms. The van der Waals surface area contributed by atoms with Crippen molar-refractivity contribution in [3.05, 3.63) is 0 Å². The van der Waals surface area contributed by atoms with E-state index in [0.29, 0.717) is 18.1 Å². The Morgan fingerprint density at radius 1 is 1.56 bits per heavy atom. The molecule has 1 saturated heterocycles. The van der Waals surface area contributed by atoms with Crippen molar-refractivity contribution in [3.63, 3.8) is 0 Å². The molecule has 0 N–H and O–H groups in total. The van der Waals surface area contributed by atoms with E-state index < -0.39 is 0 Å². The van der Waals surface area contributed by atoms with E-state index in [4.69, 9.17) is 9.47 Å². The van der Waals surface area contributed by atoms with Crippen LogP contribution in [-0.2, 0) is 9.47 Å². The number of methoxy groups -OCH3 is 1. The van der Waals surface area contributed by atoms with Gasteiger partial charge in [-0.1, -0.05) is 13.8 Å². The SMILES string of the molecule is COC(C(C)C)C1CO1. The van der Waals surface area contributed by atoms with Crippen LogP contribution in [0.3, 0.4) is 0 Å². The molecule has 0 aliphatic carbocycles. The second kappa shape index (κ2) is 2.67. The number of epoxide rings is 1. The minimum Gasteiger partial charge on any atom is -0.378 e. The average molecular weight is 130 g/mol. The fourth-order valence-electron chi connectivity index (χ4n) is 1.10. The van der Waals surface area contributed by atoms with Crippen molar-refractivity contribution < 1.29 is 9.47 Å².